The molecule has 1 aliphatic heterocycles. The highest BCUT2D eigenvalue weighted by Gasteiger charge is 2.27. The largest absolute Gasteiger partial charge is 0.382 e. The number of fused-ring (bicyclic) bond motifs is 9. The Morgan fingerprint density at radius 3 is 1.95 bits per heavy atom. The summed E-state index contributed by atoms with van der Waals surface area (Å²) in [6.45, 7) is 2.94. The first-order valence-corrected chi connectivity index (χ1v) is 22.5. The number of hydrogen-bond donors (Lipinski definition) is 1. The molecule has 10 aromatic rings. The van der Waals surface area contributed by atoms with Crippen LogP contribution in [0.2, 0.25) is 0 Å². The van der Waals surface area contributed by atoms with Crippen molar-refractivity contribution in [3.63, 3.8) is 0 Å². The third kappa shape index (κ3) is 5.93. The Labute approximate surface area is 357 Å². The van der Waals surface area contributed by atoms with E-state index in [1.807, 2.05) is 22.7 Å². The third-order valence-corrected chi connectivity index (χ3v) is 15.1. The molecule has 12 rings (SSSR count). The van der Waals surface area contributed by atoms with Crippen molar-refractivity contribution in [3.8, 4) is 22.3 Å². The van der Waals surface area contributed by atoms with E-state index in [1.165, 1.54) is 90.4 Å². The van der Waals surface area contributed by atoms with Crippen molar-refractivity contribution in [2.75, 3.05) is 6.54 Å². The Hall–Kier alpha value is -6.59. The normalized spacial score (nSPS) is 16.4. The molecule has 0 saturated heterocycles. The van der Waals surface area contributed by atoms with Gasteiger partial charge in [-0.25, -0.2) is 0 Å². The van der Waals surface area contributed by atoms with Crippen LogP contribution in [0.1, 0.15) is 52.3 Å². The monoisotopic (exact) mass is 804 g/mol. The summed E-state index contributed by atoms with van der Waals surface area (Å²) in [7, 11) is 0. The van der Waals surface area contributed by atoms with E-state index in [9.17, 15) is 0 Å². The maximum absolute atomic E-state index is 5.70. The van der Waals surface area contributed by atoms with E-state index in [2.05, 4.69) is 194 Å². The molecule has 1 N–H and O–H groups in total. The first kappa shape index (κ1) is 35.4. The quantitative estimate of drug-likeness (QED) is 0.184. The number of hydrogen-bond acceptors (Lipinski definition) is 4. The molecular weight excluding hydrogens is 765 g/mol. The second-order valence-corrected chi connectivity index (χ2v) is 18.4. The highest BCUT2D eigenvalue weighted by Crippen LogP contribution is 2.45. The van der Waals surface area contributed by atoms with Crippen molar-refractivity contribution in [1.29, 1.82) is 0 Å². The summed E-state index contributed by atoms with van der Waals surface area (Å²) in [5.74, 6) is 0.299. The van der Waals surface area contributed by atoms with Crippen LogP contribution in [-0.2, 0) is 6.42 Å². The van der Waals surface area contributed by atoms with Crippen molar-refractivity contribution in [3.05, 3.63) is 221 Å². The van der Waals surface area contributed by atoms with Gasteiger partial charge in [0.25, 0.3) is 0 Å². The molecule has 60 heavy (non-hydrogen) atoms. The van der Waals surface area contributed by atoms with E-state index in [0.29, 0.717) is 12.5 Å². The van der Waals surface area contributed by atoms with Gasteiger partial charge in [0.1, 0.15) is 0 Å². The number of benzene rings is 8. The summed E-state index contributed by atoms with van der Waals surface area (Å²) in [5.41, 5.74) is 16.2. The summed E-state index contributed by atoms with van der Waals surface area (Å²) >= 11 is 3.72. The smallest absolute Gasteiger partial charge is 0.0929 e. The van der Waals surface area contributed by atoms with Gasteiger partial charge in [-0.15, -0.1) is 22.7 Å². The first-order chi connectivity index (χ1) is 29.6. The first-order valence-electron chi connectivity index (χ1n) is 20.9. The SMILES string of the molecule is CC1=C(c2cccc(-c3ccc4c(c3)C(c3ccccc3)Cc3ccccc3-4)c2)NCC(c2ccc3sc4ccccc4c3c2)N=C1c1ccc2sc3ccccc3c2c1. The average Bonchev–Trinajstić information content (AvgIpc) is 3.82. The molecule has 0 saturated carbocycles. The Bertz CT molecular complexity index is 3380. The van der Waals surface area contributed by atoms with Gasteiger partial charge in [0, 0.05) is 64.1 Å². The van der Waals surface area contributed by atoms with Gasteiger partial charge in [0.05, 0.1) is 11.8 Å². The molecule has 2 atom stereocenters. The molecule has 3 heterocycles. The van der Waals surface area contributed by atoms with Gasteiger partial charge in [0.15, 0.2) is 0 Å². The Morgan fingerprint density at radius 1 is 0.483 bits per heavy atom. The summed E-state index contributed by atoms with van der Waals surface area (Å²) in [6.07, 6.45) is 0.999. The number of nitrogens with one attached hydrogen (secondary N) is 1. The van der Waals surface area contributed by atoms with Crippen LogP contribution in [0.25, 0.3) is 68.3 Å². The van der Waals surface area contributed by atoms with Crippen LogP contribution in [0.5, 0.6) is 0 Å². The fraction of sp³-hybridized carbons (Fsp3) is 0.0893. The minimum atomic E-state index is -0.0768. The van der Waals surface area contributed by atoms with Crippen LogP contribution in [0, 0.1) is 0 Å². The van der Waals surface area contributed by atoms with E-state index in [0.717, 1.165) is 29.0 Å². The molecule has 0 fully saturated rings. The van der Waals surface area contributed by atoms with E-state index in [-0.39, 0.29) is 6.04 Å². The van der Waals surface area contributed by atoms with Crippen LogP contribution in [0.3, 0.4) is 0 Å². The number of aliphatic imine (C=N–C) groups is 1. The predicted molar refractivity (Wildman–Crippen MR) is 258 cm³/mol. The zero-order valence-corrected chi connectivity index (χ0v) is 34.8. The fourth-order valence-corrected chi connectivity index (χ4v) is 12.0. The lowest BCUT2D eigenvalue weighted by molar-refractivity contribution is 0.691. The highest BCUT2D eigenvalue weighted by atomic mass is 32.1. The summed E-state index contributed by atoms with van der Waals surface area (Å²) < 4.78 is 5.25. The van der Waals surface area contributed by atoms with Gasteiger partial charge in [-0.3, -0.25) is 4.99 Å². The summed E-state index contributed by atoms with van der Waals surface area (Å²) in [6, 6.07) is 67.5. The Morgan fingerprint density at radius 2 is 1.13 bits per heavy atom. The minimum Gasteiger partial charge on any atom is -0.382 e. The van der Waals surface area contributed by atoms with Crippen LogP contribution in [0.4, 0.5) is 0 Å². The van der Waals surface area contributed by atoms with Crippen molar-refractivity contribution in [2.24, 2.45) is 4.99 Å². The standard InChI is InChI=1S/C56H40N2S2/c1-34-55(40-16-11-15-36(28-40)37-22-25-43-42-17-6-5-14-38(42)30-46(47(43)29-37)35-12-3-2-4-13-35)57-33-50(39-23-26-53-48(31-39)44-18-7-9-20-51(44)59-53)58-56(34)41-24-27-54-49(32-41)45-19-8-10-21-52(45)60-54/h2-29,31-32,46,50,57H,30,33H2,1H3. The fourth-order valence-electron chi connectivity index (χ4n) is 9.78. The zero-order valence-electron chi connectivity index (χ0n) is 33.2. The van der Waals surface area contributed by atoms with E-state index in [4.69, 9.17) is 4.99 Å². The van der Waals surface area contributed by atoms with Crippen LogP contribution in [-0.4, -0.2) is 12.3 Å². The Kier molecular flexibility index (Phi) is 8.43. The number of rotatable bonds is 5. The Balaban J connectivity index is 0.978. The molecule has 4 heteroatoms. The molecule has 0 bridgehead atoms. The number of allylic oxidation sites excluding steroid dienone is 1. The molecule has 0 amide bonds. The summed E-state index contributed by atoms with van der Waals surface area (Å²) in [4.78, 5) is 5.70. The maximum atomic E-state index is 5.70. The number of nitrogens with zero attached hydrogens (tertiary/aromatic N) is 1. The lowest BCUT2D eigenvalue weighted by atomic mass is 9.75. The van der Waals surface area contributed by atoms with Crippen molar-refractivity contribution in [2.45, 2.75) is 25.3 Å². The molecule has 2 nitrogen and oxygen atoms in total. The lowest BCUT2D eigenvalue weighted by Gasteiger charge is -2.29. The molecule has 1 aliphatic carbocycles. The third-order valence-electron chi connectivity index (χ3n) is 12.8. The van der Waals surface area contributed by atoms with E-state index in [1.54, 1.807) is 0 Å². The lowest BCUT2D eigenvalue weighted by Crippen LogP contribution is -2.19. The topological polar surface area (TPSA) is 24.4 Å². The van der Waals surface area contributed by atoms with E-state index < -0.39 is 0 Å². The van der Waals surface area contributed by atoms with Crippen LogP contribution in [0.15, 0.2) is 193 Å². The van der Waals surface area contributed by atoms with Gasteiger partial charge in [-0.05, 0) is 118 Å². The molecule has 286 valence electrons. The van der Waals surface area contributed by atoms with Gasteiger partial charge >= 0.3 is 0 Å². The molecule has 2 aliphatic rings. The maximum Gasteiger partial charge on any atom is 0.0929 e. The molecule has 0 spiro atoms. The minimum absolute atomic E-state index is 0.0768. The zero-order chi connectivity index (χ0) is 39.7. The molecule has 8 aromatic carbocycles. The molecular formula is C56H40N2S2. The highest BCUT2D eigenvalue weighted by molar-refractivity contribution is 7.26. The van der Waals surface area contributed by atoms with Gasteiger partial charge < -0.3 is 5.32 Å². The van der Waals surface area contributed by atoms with Crippen molar-refractivity contribution < 1.29 is 0 Å². The average molecular weight is 805 g/mol. The van der Waals surface area contributed by atoms with Crippen molar-refractivity contribution >= 4 is 74.4 Å². The van der Waals surface area contributed by atoms with E-state index >= 15 is 0 Å². The van der Waals surface area contributed by atoms with Crippen molar-refractivity contribution in [1.82, 2.24) is 5.32 Å². The predicted octanol–water partition coefficient (Wildman–Crippen LogP) is 15.0. The second kappa shape index (κ2) is 14.3. The van der Waals surface area contributed by atoms with Gasteiger partial charge in [-0.2, -0.15) is 0 Å². The molecule has 2 aromatic heterocycles. The number of thiophene rings is 2. The second-order valence-electron chi connectivity index (χ2n) is 16.2. The summed E-state index contributed by atoms with van der Waals surface area (Å²) in [5, 5.41) is 9.18. The molecule has 2 unspecified atom stereocenters. The van der Waals surface area contributed by atoms with Crippen LogP contribution < -0.4 is 5.32 Å². The van der Waals surface area contributed by atoms with Gasteiger partial charge in [-0.1, -0.05) is 133 Å². The van der Waals surface area contributed by atoms with Gasteiger partial charge in [0.2, 0.25) is 0 Å². The van der Waals surface area contributed by atoms with Crippen LogP contribution >= 0.6 is 22.7 Å². The molecule has 0 radical (unpaired) electrons.